The van der Waals surface area contributed by atoms with Gasteiger partial charge in [0.25, 0.3) is 0 Å². The molecule has 1 aromatic heterocycles. The van der Waals surface area contributed by atoms with E-state index in [1.165, 1.54) is 0 Å². The second kappa shape index (κ2) is 8.17. The molecule has 0 fully saturated rings. The second-order valence-electron chi connectivity index (χ2n) is 5.12. The van der Waals surface area contributed by atoms with Gasteiger partial charge in [0.1, 0.15) is 5.75 Å². The van der Waals surface area contributed by atoms with Crippen LogP contribution in [-0.2, 0) is 17.8 Å². The lowest BCUT2D eigenvalue weighted by Crippen LogP contribution is -2.30. The van der Waals surface area contributed by atoms with Crippen LogP contribution in [0.3, 0.4) is 0 Å². The van der Waals surface area contributed by atoms with E-state index in [9.17, 15) is 4.79 Å². The maximum Gasteiger partial charge on any atom is 0.223 e. The summed E-state index contributed by atoms with van der Waals surface area (Å²) in [6, 6.07) is 11.7. The molecule has 1 aromatic carbocycles. The molecule has 4 nitrogen and oxygen atoms in total. The van der Waals surface area contributed by atoms with Gasteiger partial charge in [-0.25, -0.2) is 0 Å². The van der Waals surface area contributed by atoms with Crippen molar-refractivity contribution in [3.05, 3.63) is 59.9 Å². The smallest absolute Gasteiger partial charge is 0.223 e. The van der Waals surface area contributed by atoms with Crippen LogP contribution in [0, 0.1) is 0 Å². The van der Waals surface area contributed by atoms with Gasteiger partial charge >= 0.3 is 0 Å². The van der Waals surface area contributed by atoms with Gasteiger partial charge in [-0.1, -0.05) is 18.2 Å². The fourth-order valence-electron chi connectivity index (χ4n) is 2.28. The Balaban J connectivity index is 1.90. The number of aryl methyl sites for hydroxylation is 1. The zero-order chi connectivity index (χ0) is 15.8. The number of carbonyl (C=O) groups excluding carboxylic acids is 1. The van der Waals surface area contributed by atoms with Gasteiger partial charge in [0.15, 0.2) is 0 Å². The Hall–Kier alpha value is -2.36. The van der Waals surface area contributed by atoms with Crippen LogP contribution in [0.4, 0.5) is 0 Å². The molecule has 2 rings (SSSR count). The highest BCUT2D eigenvalue weighted by molar-refractivity contribution is 5.76. The maximum atomic E-state index is 12.4. The predicted octanol–water partition coefficient (Wildman–Crippen LogP) is 3.07. The Morgan fingerprint density at radius 3 is 2.55 bits per heavy atom. The lowest BCUT2D eigenvalue weighted by molar-refractivity contribution is -0.131. The van der Waals surface area contributed by atoms with Crippen molar-refractivity contribution >= 4 is 5.91 Å². The van der Waals surface area contributed by atoms with E-state index < -0.39 is 0 Å². The van der Waals surface area contributed by atoms with Gasteiger partial charge in [-0.3, -0.25) is 9.78 Å². The van der Waals surface area contributed by atoms with Crippen LogP contribution in [-0.4, -0.2) is 29.4 Å². The molecular formula is C18H22N2O2. The summed E-state index contributed by atoms with van der Waals surface area (Å²) in [5.41, 5.74) is 2.20. The molecule has 0 aliphatic rings. The topological polar surface area (TPSA) is 42.4 Å². The molecule has 1 amide bonds. The van der Waals surface area contributed by atoms with Crippen LogP contribution < -0.4 is 4.74 Å². The average Bonchev–Trinajstić information content (AvgIpc) is 2.59. The number of nitrogens with zero attached hydrogens (tertiary/aromatic N) is 2. The summed E-state index contributed by atoms with van der Waals surface area (Å²) in [6.07, 6.45) is 4.79. The van der Waals surface area contributed by atoms with Crippen molar-refractivity contribution in [2.75, 3.05) is 13.7 Å². The first-order valence-electron chi connectivity index (χ1n) is 7.52. The summed E-state index contributed by atoms with van der Waals surface area (Å²) in [5.74, 6) is 0.997. The number of methoxy groups -OCH3 is 1. The summed E-state index contributed by atoms with van der Waals surface area (Å²) in [4.78, 5) is 18.3. The third kappa shape index (κ3) is 4.58. The van der Waals surface area contributed by atoms with E-state index in [4.69, 9.17) is 4.74 Å². The van der Waals surface area contributed by atoms with Crippen molar-refractivity contribution < 1.29 is 9.53 Å². The number of aromatic nitrogens is 1. The van der Waals surface area contributed by atoms with Gasteiger partial charge in [-0.15, -0.1) is 0 Å². The number of hydrogen-bond donors (Lipinski definition) is 0. The van der Waals surface area contributed by atoms with Gasteiger partial charge in [-0.05, 0) is 42.7 Å². The lowest BCUT2D eigenvalue weighted by atomic mass is 10.1. The molecule has 22 heavy (non-hydrogen) atoms. The summed E-state index contributed by atoms with van der Waals surface area (Å²) in [5, 5.41) is 0. The Labute approximate surface area is 131 Å². The Morgan fingerprint density at radius 2 is 1.95 bits per heavy atom. The summed E-state index contributed by atoms with van der Waals surface area (Å²) >= 11 is 0. The van der Waals surface area contributed by atoms with Crippen molar-refractivity contribution in [1.29, 1.82) is 0 Å². The number of rotatable bonds is 7. The maximum absolute atomic E-state index is 12.4. The molecule has 1 heterocycles. The first kappa shape index (κ1) is 16.0. The van der Waals surface area contributed by atoms with E-state index in [0.717, 1.165) is 23.3 Å². The minimum atomic E-state index is 0.169. The standard InChI is InChI=1S/C18H22N2O2/c1-3-20(14-16-6-9-17(22-2)10-7-16)18(21)11-8-15-5-4-12-19-13-15/h4-7,9-10,12-13H,3,8,11,14H2,1-2H3. The molecule has 2 aromatic rings. The third-order valence-corrected chi connectivity index (χ3v) is 3.62. The van der Waals surface area contributed by atoms with Crippen molar-refractivity contribution in [2.24, 2.45) is 0 Å². The second-order valence-corrected chi connectivity index (χ2v) is 5.12. The molecule has 0 aliphatic heterocycles. The molecular weight excluding hydrogens is 276 g/mol. The number of hydrogen-bond acceptors (Lipinski definition) is 3. The van der Waals surface area contributed by atoms with E-state index in [2.05, 4.69) is 4.98 Å². The van der Waals surface area contributed by atoms with Crippen LogP contribution in [0.15, 0.2) is 48.8 Å². The van der Waals surface area contributed by atoms with Gasteiger partial charge in [-0.2, -0.15) is 0 Å². The molecule has 116 valence electrons. The normalized spacial score (nSPS) is 10.3. The molecule has 4 heteroatoms. The molecule has 0 atom stereocenters. The van der Waals surface area contributed by atoms with Crippen LogP contribution in [0.2, 0.25) is 0 Å². The van der Waals surface area contributed by atoms with Crippen molar-refractivity contribution in [1.82, 2.24) is 9.88 Å². The van der Waals surface area contributed by atoms with Gasteiger partial charge in [0, 0.05) is 31.9 Å². The third-order valence-electron chi connectivity index (χ3n) is 3.62. The van der Waals surface area contributed by atoms with Gasteiger partial charge in [0.2, 0.25) is 5.91 Å². The summed E-state index contributed by atoms with van der Waals surface area (Å²) in [7, 11) is 1.65. The van der Waals surface area contributed by atoms with Crippen LogP contribution in [0.25, 0.3) is 0 Å². The van der Waals surface area contributed by atoms with Crippen molar-refractivity contribution in [3.63, 3.8) is 0 Å². The highest BCUT2D eigenvalue weighted by Gasteiger charge is 2.12. The van der Waals surface area contributed by atoms with E-state index in [0.29, 0.717) is 19.5 Å². The van der Waals surface area contributed by atoms with E-state index in [1.54, 1.807) is 13.3 Å². The first-order chi connectivity index (χ1) is 10.7. The number of ether oxygens (including phenoxy) is 1. The van der Waals surface area contributed by atoms with Gasteiger partial charge in [0.05, 0.1) is 7.11 Å². The fourth-order valence-corrected chi connectivity index (χ4v) is 2.28. The monoisotopic (exact) mass is 298 g/mol. The summed E-state index contributed by atoms with van der Waals surface area (Å²) in [6.45, 7) is 3.34. The summed E-state index contributed by atoms with van der Waals surface area (Å²) < 4.78 is 5.15. The minimum Gasteiger partial charge on any atom is -0.497 e. The average molecular weight is 298 g/mol. The Bertz CT molecular complexity index is 582. The first-order valence-corrected chi connectivity index (χ1v) is 7.52. The lowest BCUT2D eigenvalue weighted by Gasteiger charge is -2.21. The van der Waals surface area contributed by atoms with Crippen molar-refractivity contribution in [2.45, 2.75) is 26.3 Å². The van der Waals surface area contributed by atoms with Crippen LogP contribution in [0.1, 0.15) is 24.5 Å². The quantitative estimate of drug-likeness (QED) is 0.789. The van der Waals surface area contributed by atoms with Crippen molar-refractivity contribution in [3.8, 4) is 5.75 Å². The number of pyridine rings is 1. The fraction of sp³-hybridized carbons (Fsp3) is 0.333. The van der Waals surface area contributed by atoms with Crippen LogP contribution >= 0.6 is 0 Å². The predicted molar refractivity (Wildman–Crippen MR) is 86.6 cm³/mol. The largest absolute Gasteiger partial charge is 0.497 e. The molecule has 0 N–H and O–H groups in total. The Morgan fingerprint density at radius 1 is 1.18 bits per heavy atom. The molecule has 0 saturated heterocycles. The molecule has 0 aliphatic carbocycles. The zero-order valence-corrected chi connectivity index (χ0v) is 13.2. The number of carbonyl (C=O) groups is 1. The molecule has 0 saturated carbocycles. The minimum absolute atomic E-state index is 0.169. The number of benzene rings is 1. The van der Waals surface area contributed by atoms with Crippen LogP contribution in [0.5, 0.6) is 5.75 Å². The molecule has 0 radical (unpaired) electrons. The molecule has 0 bridgehead atoms. The van der Waals surface area contributed by atoms with E-state index in [1.807, 2.05) is 54.4 Å². The van der Waals surface area contributed by atoms with Gasteiger partial charge < -0.3 is 9.64 Å². The highest BCUT2D eigenvalue weighted by atomic mass is 16.5. The highest BCUT2D eigenvalue weighted by Crippen LogP contribution is 2.14. The Kier molecular flexibility index (Phi) is 5.95. The molecule has 0 spiro atoms. The number of amides is 1. The van der Waals surface area contributed by atoms with E-state index >= 15 is 0 Å². The molecule has 0 unspecified atom stereocenters. The SMILES string of the molecule is CCN(Cc1ccc(OC)cc1)C(=O)CCc1cccnc1. The zero-order valence-electron chi connectivity index (χ0n) is 13.2. The van der Waals surface area contributed by atoms with E-state index in [-0.39, 0.29) is 5.91 Å².